The van der Waals surface area contributed by atoms with Crippen molar-refractivity contribution in [1.82, 2.24) is 0 Å². The smallest absolute Gasteiger partial charge is 0.124 e. The van der Waals surface area contributed by atoms with Crippen LogP contribution in [0.3, 0.4) is 0 Å². The molecule has 2 rings (SSSR count). The van der Waals surface area contributed by atoms with Crippen LogP contribution in [0, 0.1) is 12.7 Å². The molecule has 0 aliphatic carbocycles. The molecule has 1 unspecified atom stereocenters. The van der Waals surface area contributed by atoms with Crippen LogP contribution in [0.15, 0.2) is 42.5 Å². The van der Waals surface area contributed by atoms with Gasteiger partial charge in [0, 0.05) is 12.0 Å². The van der Waals surface area contributed by atoms with E-state index in [0.29, 0.717) is 12.2 Å². The fourth-order valence-corrected chi connectivity index (χ4v) is 2.34. The maximum absolute atomic E-state index is 12.9. The molecule has 0 aliphatic heterocycles. The zero-order valence-electron chi connectivity index (χ0n) is 12.0. The third kappa shape index (κ3) is 3.17. The number of hydrogen-bond donors (Lipinski definition) is 1. The zero-order valence-corrected chi connectivity index (χ0v) is 12.0. The van der Waals surface area contributed by atoms with Crippen molar-refractivity contribution in [3.63, 3.8) is 0 Å². The molecule has 0 aromatic heterocycles. The van der Waals surface area contributed by atoms with Crippen molar-refractivity contribution in [3.05, 3.63) is 65.0 Å². The van der Waals surface area contributed by atoms with E-state index in [-0.39, 0.29) is 5.82 Å². The number of hydrogen-bond acceptors (Lipinski definition) is 2. The first-order valence-corrected chi connectivity index (χ1v) is 6.54. The van der Waals surface area contributed by atoms with Crippen molar-refractivity contribution < 1.29 is 14.2 Å². The van der Waals surface area contributed by atoms with Gasteiger partial charge in [0.1, 0.15) is 11.6 Å². The van der Waals surface area contributed by atoms with Crippen LogP contribution in [0.1, 0.15) is 23.6 Å². The molecule has 3 heteroatoms. The first kappa shape index (κ1) is 14.5. The number of halogens is 1. The van der Waals surface area contributed by atoms with Crippen LogP contribution < -0.4 is 4.74 Å². The van der Waals surface area contributed by atoms with Gasteiger partial charge in [-0.05, 0) is 43.7 Å². The third-order valence-electron chi connectivity index (χ3n) is 3.40. The molecule has 0 spiro atoms. The summed E-state index contributed by atoms with van der Waals surface area (Å²) in [4.78, 5) is 0. The van der Waals surface area contributed by atoms with Crippen molar-refractivity contribution >= 4 is 0 Å². The number of aliphatic hydroxyl groups is 1. The number of benzene rings is 2. The van der Waals surface area contributed by atoms with Crippen LogP contribution in [0.2, 0.25) is 0 Å². The minimum absolute atomic E-state index is 0.276. The first-order valence-electron chi connectivity index (χ1n) is 6.54. The van der Waals surface area contributed by atoms with Crippen LogP contribution >= 0.6 is 0 Å². The lowest BCUT2D eigenvalue weighted by Crippen LogP contribution is -2.25. The molecule has 106 valence electrons. The summed E-state index contributed by atoms with van der Waals surface area (Å²) in [6, 6.07) is 11.9. The maximum atomic E-state index is 12.9. The average molecular weight is 274 g/mol. The van der Waals surface area contributed by atoms with Crippen molar-refractivity contribution in [3.8, 4) is 5.75 Å². The van der Waals surface area contributed by atoms with E-state index in [9.17, 15) is 9.50 Å². The number of rotatable bonds is 4. The van der Waals surface area contributed by atoms with Gasteiger partial charge in [0.05, 0.1) is 12.7 Å². The molecular formula is C17H19FO2. The Hall–Kier alpha value is -1.87. The molecular weight excluding hydrogens is 255 g/mol. The lowest BCUT2D eigenvalue weighted by atomic mass is 9.87. The predicted octanol–water partition coefficient (Wildman–Crippen LogP) is 3.59. The van der Waals surface area contributed by atoms with Gasteiger partial charge in [0.25, 0.3) is 0 Å². The van der Waals surface area contributed by atoms with E-state index in [4.69, 9.17) is 4.74 Å². The molecule has 0 fully saturated rings. The van der Waals surface area contributed by atoms with E-state index in [1.807, 2.05) is 25.1 Å². The Morgan fingerprint density at radius 2 is 1.80 bits per heavy atom. The first-order chi connectivity index (χ1) is 9.42. The highest BCUT2D eigenvalue weighted by Gasteiger charge is 2.27. The fourth-order valence-electron chi connectivity index (χ4n) is 2.34. The second-order valence-electron chi connectivity index (χ2n) is 5.28. The second kappa shape index (κ2) is 5.63. The standard InChI is InChI=1S/C17H19FO2/c1-12-4-9-16(20-3)15(10-12)17(2,19)11-13-5-7-14(18)8-6-13/h4-10,19H,11H2,1-3H3. The van der Waals surface area contributed by atoms with Crippen LogP contribution in [0.5, 0.6) is 5.75 Å². The van der Waals surface area contributed by atoms with Crippen molar-refractivity contribution in [1.29, 1.82) is 0 Å². The Balaban J connectivity index is 2.34. The average Bonchev–Trinajstić information content (AvgIpc) is 2.41. The Bertz CT molecular complexity index is 588. The number of ether oxygens (including phenoxy) is 1. The van der Waals surface area contributed by atoms with Gasteiger partial charge in [-0.3, -0.25) is 0 Å². The Morgan fingerprint density at radius 3 is 2.40 bits per heavy atom. The molecule has 0 aliphatic rings. The van der Waals surface area contributed by atoms with E-state index in [0.717, 1.165) is 16.7 Å². The summed E-state index contributed by atoms with van der Waals surface area (Å²) < 4.78 is 18.3. The van der Waals surface area contributed by atoms with Crippen LogP contribution in [0.4, 0.5) is 4.39 Å². The summed E-state index contributed by atoms with van der Waals surface area (Å²) >= 11 is 0. The molecule has 0 saturated carbocycles. The molecule has 2 aromatic rings. The summed E-state index contributed by atoms with van der Waals surface area (Å²) in [6.07, 6.45) is 0.396. The number of aryl methyl sites for hydroxylation is 1. The highest BCUT2D eigenvalue weighted by molar-refractivity contribution is 5.41. The van der Waals surface area contributed by atoms with Crippen LogP contribution in [-0.4, -0.2) is 12.2 Å². The van der Waals surface area contributed by atoms with Crippen molar-refractivity contribution in [2.45, 2.75) is 25.9 Å². The molecule has 2 nitrogen and oxygen atoms in total. The molecule has 0 heterocycles. The van der Waals surface area contributed by atoms with Gasteiger partial charge < -0.3 is 9.84 Å². The SMILES string of the molecule is COc1ccc(C)cc1C(C)(O)Cc1ccc(F)cc1. The van der Waals surface area contributed by atoms with Gasteiger partial charge in [-0.2, -0.15) is 0 Å². The molecule has 1 atom stereocenters. The van der Waals surface area contributed by atoms with Gasteiger partial charge in [-0.1, -0.05) is 23.8 Å². The topological polar surface area (TPSA) is 29.5 Å². The second-order valence-corrected chi connectivity index (χ2v) is 5.28. The van der Waals surface area contributed by atoms with E-state index < -0.39 is 5.60 Å². The summed E-state index contributed by atoms with van der Waals surface area (Å²) in [6.45, 7) is 3.71. The van der Waals surface area contributed by atoms with E-state index in [1.165, 1.54) is 12.1 Å². The predicted molar refractivity (Wildman–Crippen MR) is 77.4 cm³/mol. The summed E-state index contributed by atoms with van der Waals surface area (Å²) in [5.41, 5.74) is 1.60. The van der Waals surface area contributed by atoms with E-state index in [1.54, 1.807) is 26.2 Å². The summed E-state index contributed by atoms with van der Waals surface area (Å²) in [7, 11) is 1.59. The summed E-state index contributed by atoms with van der Waals surface area (Å²) in [5.74, 6) is 0.379. The van der Waals surface area contributed by atoms with Crippen molar-refractivity contribution in [2.24, 2.45) is 0 Å². The molecule has 20 heavy (non-hydrogen) atoms. The lowest BCUT2D eigenvalue weighted by molar-refractivity contribution is 0.0549. The van der Waals surface area contributed by atoms with Crippen LogP contribution in [-0.2, 0) is 12.0 Å². The fraction of sp³-hybridized carbons (Fsp3) is 0.294. The molecule has 2 aromatic carbocycles. The molecule has 0 radical (unpaired) electrons. The Morgan fingerprint density at radius 1 is 1.15 bits per heavy atom. The minimum Gasteiger partial charge on any atom is -0.496 e. The molecule has 0 saturated heterocycles. The number of methoxy groups -OCH3 is 1. The van der Waals surface area contributed by atoms with E-state index in [2.05, 4.69) is 0 Å². The van der Waals surface area contributed by atoms with Crippen LogP contribution in [0.25, 0.3) is 0 Å². The maximum Gasteiger partial charge on any atom is 0.124 e. The van der Waals surface area contributed by atoms with Gasteiger partial charge in [0.2, 0.25) is 0 Å². The quantitative estimate of drug-likeness (QED) is 0.923. The third-order valence-corrected chi connectivity index (χ3v) is 3.40. The largest absolute Gasteiger partial charge is 0.496 e. The zero-order chi connectivity index (χ0) is 14.8. The molecule has 1 N–H and O–H groups in total. The van der Waals surface area contributed by atoms with E-state index >= 15 is 0 Å². The minimum atomic E-state index is -1.07. The van der Waals surface area contributed by atoms with Gasteiger partial charge in [-0.25, -0.2) is 4.39 Å². The van der Waals surface area contributed by atoms with Gasteiger partial charge >= 0.3 is 0 Å². The highest BCUT2D eigenvalue weighted by Crippen LogP contribution is 2.33. The molecule has 0 amide bonds. The normalized spacial score (nSPS) is 13.8. The van der Waals surface area contributed by atoms with Gasteiger partial charge in [0.15, 0.2) is 0 Å². The Kier molecular flexibility index (Phi) is 4.09. The molecule has 0 bridgehead atoms. The highest BCUT2D eigenvalue weighted by atomic mass is 19.1. The van der Waals surface area contributed by atoms with Crippen molar-refractivity contribution in [2.75, 3.05) is 7.11 Å². The van der Waals surface area contributed by atoms with Gasteiger partial charge in [-0.15, -0.1) is 0 Å². The lowest BCUT2D eigenvalue weighted by Gasteiger charge is -2.26. The Labute approximate surface area is 118 Å². The summed E-state index contributed by atoms with van der Waals surface area (Å²) in [5, 5.41) is 10.8. The monoisotopic (exact) mass is 274 g/mol.